The first kappa shape index (κ1) is 24.8. The molecular formula is C33H22Cl2N2O3. The maximum absolute atomic E-state index is 14.7. The van der Waals surface area contributed by atoms with E-state index >= 15 is 0 Å². The first-order valence-corrected chi connectivity index (χ1v) is 13.7. The zero-order valence-electron chi connectivity index (χ0n) is 21.1. The van der Waals surface area contributed by atoms with Crippen molar-refractivity contribution in [3.8, 4) is 0 Å². The molecule has 0 aliphatic carbocycles. The molecule has 4 atom stereocenters. The fourth-order valence-electron chi connectivity index (χ4n) is 6.72. The third-order valence-electron chi connectivity index (χ3n) is 8.33. The highest BCUT2D eigenvalue weighted by Crippen LogP contribution is 2.58. The van der Waals surface area contributed by atoms with Crippen molar-refractivity contribution in [2.24, 2.45) is 5.92 Å². The quantitative estimate of drug-likeness (QED) is 0.275. The molecule has 7 rings (SSSR count). The summed E-state index contributed by atoms with van der Waals surface area (Å²) in [5.74, 6) is -1.87. The number of nitrogens with zero attached hydrogens (tertiary/aromatic N) is 1. The van der Waals surface area contributed by atoms with Crippen LogP contribution in [0, 0.1) is 5.92 Å². The number of hydrogen-bond acceptors (Lipinski definition) is 4. The van der Waals surface area contributed by atoms with Gasteiger partial charge in [-0.15, -0.1) is 0 Å². The molecule has 7 heteroatoms. The molecule has 4 aromatic rings. The predicted molar refractivity (Wildman–Crippen MR) is 157 cm³/mol. The van der Waals surface area contributed by atoms with Crippen molar-refractivity contribution in [3.63, 3.8) is 0 Å². The highest BCUT2D eigenvalue weighted by atomic mass is 35.5. The fraction of sp³-hybridized carbons (Fsp3) is 0.121. The summed E-state index contributed by atoms with van der Waals surface area (Å²) in [6.07, 6.45) is 3.86. The van der Waals surface area contributed by atoms with Gasteiger partial charge in [0.25, 0.3) is 0 Å². The molecule has 0 aromatic heterocycles. The van der Waals surface area contributed by atoms with Crippen molar-refractivity contribution < 1.29 is 14.4 Å². The van der Waals surface area contributed by atoms with Crippen molar-refractivity contribution >= 4 is 58.1 Å². The molecule has 1 N–H and O–H groups in total. The second kappa shape index (κ2) is 9.19. The van der Waals surface area contributed by atoms with E-state index < -0.39 is 23.4 Å². The molecule has 0 unspecified atom stereocenters. The largest absolute Gasteiger partial charge is 0.352 e. The summed E-state index contributed by atoms with van der Waals surface area (Å²) < 4.78 is 0. The maximum Gasteiger partial charge on any atom is 0.238 e. The Kier molecular flexibility index (Phi) is 5.70. The van der Waals surface area contributed by atoms with Gasteiger partial charge in [-0.2, -0.15) is 0 Å². The summed E-state index contributed by atoms with van der Waals surface area (Å²) >= 11 is 12.5. The third-order valence-corrected chi connectivity index (χ3v) is 8.82. The van der Waals surface area contributed by atoms with E-state index in [9.17, 15) is 14.4 Å². The Labute approximate surface area is 241 Å². The van der Waals surface area contributed by atoms with E-state index in [1.807, 2.05) is 59.5 Å². The Morgan fingerprint density at radius 2 is 1.45 bits per heavy atom. The van der Waals surface area contributed by atoms with Crippen molar-refractivity contribution in [2.45, 2.75) is 17.5 Å². The van der Waals surface area contributed by atoms with Gasteiger partial charge in [-0.1, -0.05) is 83.9 Å². The van der Waals surface area contributed by atoms with E-state index in [0.717, 1.165) is 11.3 Å². The van der Waals surface area contributed by atoms with Crippen LogP contribution in [0.5, 0.6) is 0 Å². The average Bonchev–Trinajstić information content (AvgIpc) is 3.45. The van der Waals surface area contributed by atoms with Crippen LogP contribution < -0.4 is 10.2 Å². The van der Waals surface area contributed by atoms with Crippen molar-refractivity contribution in [3.05, 3.63) is 135 Å². The van der Waals surface area contributed by atoms with Gasteiger partial charge in [0.15, 0.2) is 11.6 Å². The molecule has 0 radical (unpaired) electrons. The van der Waals surface area contributed by atoms with Crippen LogP contribution in [0.4, 0.5) is 11.4 Å². The molecule has 3 aliphatic rings. The lowest BCUT2D eigenvalue weighted by Crippen LogP contribution is -2.51. The molecule has 40 heavy (non-hydrogen) atoms. The molecule has 1 spiro atoms. The van der Waals surface area contributed by atoms with Gasteiger partial charge in [-0.05, 0) is 59.7 Å². The van der Waals surface area contributed by atoms with E-state index in [-0.39, 0.29) is 17.5 Å². The van der Waals surface area contributed by atoms with Crippen LogP contribution in [-0.4, -0.2) is 29.6 Å². The normalized spacial score (nSPS) is 23.9. The number of anilines is 2. The number of amides is 1. The van der Waals surface area contributed by atoms with Gasteiger partial charge >= 0.3 is 0 Å². The van der Waals surface area contributed by atoms with Gasteiger partial charge in [-0.25, -0.2) is 0 Å². The molecule has 3 aliphatic heterocycles. The lowest BCUT2D eigenvalue weighted by atomic mass is 9.64. The van der Waals surface area contributed by atoms with Gasteiger partial charge < -0.3 is 10.2 Å². The molecule has 0 saturated carbocycles. The van der Waals surface area contributed by atoms with E-state index in [1.54, 1.807) is 54.6 Å². The number of Topliss-reactive ketones (excluding diaryl/α,β-unsaturated/α-hetero) is 2. The summed E-state index contributed by atoms with van der Waals surface area (Å²) in [5.41, 5.74) is 2.39. The minimum atomic E-state index is -1.36. The fourth-order valence-corrected chi connectivity index (χ4v) is 7.02. The Morgan fingerprint density at radius 1 is 0.775 bits per heavy atom. The van der Waals surface area contributed by atoms with Crippen molar-refractivity contribution in [1.82, 2.24) is 0 Å². The summed E-state index contributed by atoms with van der Waals surface area (Å²) in [5, 5.41) is 4.08. The monoisotopic (exact) mass is 564 g/mol. The summed E-state index contributed by atoms with van der Waals surface area (Å²) in [6.45, 7) is 0. The Balaban J connectivity index is 1.54. The summed E-state index contributed by atoms with van der Waals surface area (Å²) in [4.78, 5) is 45.5. The van der Waals surface area contributed by atoms with E-state index in [0.29, 0.717) is 32.4 Å². The van der Waals surface area contributed by atoms with Gasteiger partial charge in [0.2, 0.25) is 5.91 Å². The first-order valence-electron chi connectivity index (χ1n) is 13.0. The van der Waals surface area contributed by atoms with Crippen LogP contribution in [-0.2, 0) is 10.2 Å². The molecule has 1 saturated heterocycles. The van der Waals surface area contributed by atoms with Crippen LogP contribution >= 0.6 is 23.2 Å². The number of para-hydroxylation sites is 1. The second-order valence-electron chi connectivity index (χ2n) is 10.3. The van der Waals surface area contributed by atoms with Gasteiger partial charge in [-0.3, -0.25) is 14.4 Å². The number of benzene rings is 4. The number of carbonyl (C=O) groups excluding carboxylic acids is 3. The maximum atomic E-state index is 14.7. The Hall–Kier alpha value is -4.19. The van der Waals surface area contributed by atoms with Gasteiger partial charge in [0, 0.05) is 32.5 Å². The van der Waals surface area contributed by atoms with Crippen molar-refractivity contribution in [2.75, 3.05) is 10.2 Å². The Morgan fingerprint density at radius 3 is 2.23 bits per heavy atom. The van der Waals surface area contributed by atoms with Crippen molar-refractivity contribution in [1.29, 1.82) is 0 Å². The lowest BCUT2D eigenvalue weighted by Gasteiger charge is -2.37. The zero-order chi connectivity index (χ0) is 27.6. The standard InChI is InChI=1S/C33H22Cl2N2O3/c34-22-13-10-20(11-14-22)30(38)28-29(31(39)19-6-2-1-3-7-19)37-26-16-15-23(35)18-21(26)12-17-27(37)33(28)24-8-4-5-9-25(24)36-32(33)40/h1-18,27-29H,(H,36,40)/t27-,28-,29+,33-/m1/s1. The number of carbonyl (C=O) groups is 3. The van der Waals surface area contributed by atoms with Crippen LogP contribution in [0.25, 0.3) is 6.08 Å². The highest BCUT2D eigenvalue weighted by molar-refractivity contribution is 6.31. The van der Waals surface area contributed by atoms with E-state index in [1.165, 1.54) is 0 Å². The molecule has 1 fully saturated rings. The topological polar surface area (TPSA) is 66.5 Å². The molecule has 196 valence electrons. The van der Waals surface area contributed by atoms with E-state index in [2.05, 4.69) is 5.32 Å². The van der Waals surface area contributed by atoms with Gasteiger partial charge in [0.05, 0.1) is 12.0 Å². The number of ketones is 2. The second-order valence-corrected chi connectivity index (χ2v) is 11.2. The smallest absolute Gasteiger partial charge is 0.238 e. The highest BCUT2D eigenvalue weighted by Gasteiger charge is 2.70. The molecular weight excluding hydrogens is 543 g/mol. The van der Waals surface area contributed by atoms with Crippen LogP contribution in [0.1, 0.15) is 31.8 Å². The summed E-state index contributed by atoms with van der Waals surface area (Å²) in [6, 6.07) is 26.9. The van der Waals surface area contributed by atoms with Gasteiger partial charge in [0.1, 0.15) is 11.5 Å². The third kappa shape index (κ3) is 3.44. The number of hydrogen-bond donors (Lipinski definition) is 1. The average molecular weight is 565 g/mol. The molecule has 1 amide bonds. The van der Waals surface area contributed by atoms with Crippen LogP contribution in [0.15, 0.2) is 103 Å². The molecule has 4 aromatic carbocycles. The number of nitrogens with one attached hydrogen (secondary N) is 1. The predicted octanol–water partition coefficient (Wildman–Crippen LogP) is 6.85. The van der Waals surface area contributed by atoms with E-state index in [4.69, 9.17) is 23.2 Å². The molecule has 5 nitrogen and oxygen atoms in total. The lowest BCUT2D eigenvalue weighted by molar-refractivity contribution is -0.121. The Bertz CT molecular complexity index is 1730. The zero-order valence-corrected chi connectivity index (χ0v) is 22.6. The number of rotatable bonds is 4. The minimum absolute atomic E-state index is 0.233. The number of halogens is 2. The SMILES string of the molecule is O=C(c1ccccc1)[C@@H]1[C@H](C(=O)c2ccc(Cl)cc2)[C@]2(C(=O)Nc3ccccc32)[C@H]2C=Cc3cc(Cl)ccc3N12. The summed E-state index contributed by atoms with van der Waals surface area (Å²) in [7, 11) is 0. The minimum Gasteiger partial charge on any atom is -0.352 e. The number of fused-ring (bicyclic) bond motifs is 6. The molecule has 0 bridgehead atoms. The molecule has 3 heterocycles. The van der Waals surface area contributed by atoms with Crippen LogP contribution in [0.2, 0.25) is 10.0 Å². The first-order chi connectivity index (χ1) is 19.4. The van der Waals surface area contributed by atoms with Crippen LogP contribution in [0.3, 0.4) is 0 Å².